The topological polar surface area (TPSA) is 106 Å². The van der Waals surface area contributed by atoms with Crippen LogP contribution in [0.15, 0.2) is 78.4 Å². The molecule has 0 unspecified atom stereocenters. The summed E-state index contributed by atoms with van der Waals surface area (Å²) in [6.45, 7) is -0.283. The number of carbonyl (C=O) groups is 3. The smallest absolute Gasteiger partial charge is 0.282 e. The Hall–Kier alpha value is -4.79. The number of benzene rings is 3. The first-order chi connectivity index (χ1) is 17.0. The van der Waals surface area contributed by atoms with Crippen LogP contribution >= 0.6 is 0 Å². The van der Waals surface area contributed by atoms with Crippen LogP contribution in [0.3, 0.4) is 0 Å². The van der Waals surface area contributed by atoms with Gasteiger partial charge >= 0.3 is 0 Å². The summed E-state index contributed by atoms with van der Waals surface area (Å²) in [5.74, 6) is -0.620. The van der Waals surface area contributed by atoms with Crippen LogP contribution in [0.2, 0.25) is 0 Å². The van der Waals surface area contributed by atoms with E-state index in [0.29, 0.717) is 16.9 Å². The predicted molar refractivity (Wildman–Crippen MR) is 130 cm³/mol. The molecule has 1 aliphatic heterocycles. The second-order valence-electron chi connectivity index (χ2n) is 7.43. The average molecular weight is 473 g/mol. The van der Waals surface area contributed by atoms with Gasteiger partial charge in [0.1, 0.15) is 5.57 Å². The van der Waals surface area contributed by atoms with Gasteiger partial charge in [-0.25, -0.2) is 5.01 Å². The van der Waals surface area contributed by atoms with Gasteiger partial charge in [-0.1, -0.05) is 36.4 Å². The zero-order valence-corrected chi connectivity index (χ0v) is 19.1. The average Bonchev–Trinajstić information content (AvgIpc) is 3.16. The first-order valence-corrected chi connectivity index (χ1v) is 10.7. The minimum Gasteiger partial charge on any atom is -0.493 e. The highest BCUT2D eigenvalue weighted by Gasteiger charge is 2.34. The molecule has 0 radical (unpaired) electrons. The lowest BCUT2D eigenvalue weighted by Crippen LogP contribution is -2.35. The van der Waals surface area contributed by atoms with Crippen molar-refractivity contribution in [1.82, 2.24) is 5.43 Å². The van der Waals surface area contributed by atoms with Gasteiger partial charge in [-0.05, 0) is 48.0 Å². The predicted octanol–water partition coefficient (Wildman–Crippen LogP) is 3.18. The number of anilines is 2. The van der Waals surface area contributed by atoms with E-state index in [9.17, 15) is 14.4 Å². The summed E-state index contributed by atoms with van der Waals surface area (Å²) >= 11 is 0. The van der Waals surface area contributed by atoms with E-state index in [1.807, 2.05) is 24.3 Å². The normalized spacial score (nSPS) is 14.0. The van der Waals surface area contributed by atoms with Crippen molar-refractivity contribution >= 4 is 35.2 Å². The largest absolute Gasteiger partial charge is 0.493 e. The van der Waals surface area contributed by atoms with E-state index < -0.39 is 11.8 Å². The van der Waals surface area contributed by atoms with Gasteiger partial charge in [-0.3, -0.25) is 19.8 Å². The van der Waals surface area contributed by atoms with Gasteiger partial charge in [-0.2, -0.15) is 0 Å². The lowest BCUT2D eigenvalue weighted by molar-refractivity contribution is -0.118. The van der Waals surface area contributed by atoms with E-state index in [1.54, 1.807) is 48.5 Å². The number of ether oxygens (including phenoxy) is 3. The fourth-order valence-electron chi connectivity index (χ4n) is 3.46. The number of carbonyl (C=O) groups excluding carboxylic acids is 3. The molecule has 3 aromatic rings. The van der Waals surface area contributed by atoms with Crippen LogP contribution in [0.4, 0.5) is 11.4 Å². The molecule has 178 valence electrons. The molecule has 0 spiro atoms. The zero-order chi connectivity index (χ0) is 24.8. The number of hydrogen-bond acceptors (Lipinski definition) is 6. The van der Waals surface area contributed by atoms with Crippen LogP contribution in [-0.4, -0.2) is 38.5 Å². The Bertz CT molecular complexity index is 1250. The van der Waals surface area contributed by atoms with Crippen LogP contribution < -0.4 is 30.0 Å². The summed E-state index contributed by atoms with van der Waals surface area (Å²) in [7, 11) is 2.88. The molecule has 1 fully saturated rings. The number of methoxy groups -OCH3 is 2. The van der Waals surface area contributed by atoms with Crippen molar-refractivity contribution in [2.24, 2.45) is 0 Å². The molecule has 9 nitrogen and oxygen atoms in total. The number of para-hydroxylation sites is 2. The number of nitrogens with zero attached hydrogens (tertiary/aromatic N) is 1. The molecule has 0 atom stereocenters. The van der Waals surface area contributed by atoms with Gasteiger partial charge in [0.15, 0.2) is 18.1 Å². The molecule has 0 aromatic heterocycles. The highest BCUT2D eigenvalue weighted by molar-refractivity contribution is 6.31. The summed E-state index contributed by atoms with van der Waals surface area (Å²) in [6.07, 6.45) is 1.44. The molecule has 35 heavy (non-hydrogen) atoms. The Morgan fingerprint density at radius 1 is 0.943 bits per heavy atom. The van der Waals surface area contributed by atoms with Crippen LogP contribution in [0, 0.1) is 0 Å². The van der Waals surface area contributed by atoms with Crippen LogP contribution in [0.5, 0.6) is 17.2 Å². The Balaban J connectivity index is 1.55. The van der Waals surface area contributed by atoms with E-state index in [4.69, 9.17) is 14.2 Å². The van der Waals surface area contributed by atoms with E-state index in [0.717, 1.165) is 0 Å². The number of nitrogens with one attached hydrogen (secondary N) is 2. The van der Waals surface area contributed by atoms with E-state index >= 15 is 0 Å². The van der Waals surface area contributed by atoms with Gasteiger partial charge in [0.25, 0.3) is 17.7 Å². The van der Waals surface area contributed by atoms with E-state index in [2.05, 4.69) is 10.7 Å². The molecule has 2 N–H and O–H groups in total. The van der Waals surface area contributed by atoms with Gasteiger partial charge in [0.05, 0.1) is 19.9 Å². The third-order valence-corrected chi connectivity index (χ3v) is 5.10. The third kappa shape index (κ3) is 5.25. The third-order valence-electron chi connectivity index (χ3n) is 5.10. The second-order valence-corrected chi connectivity index (χ2v) is 7.43. The van der Waals surface area contributed by atoms with Crippen molar-refractivity contribution in [3.05, 3.63) is 83.9 Å². The van der Waals surface area contributed by atoms with Crippen LogP contribution in [-0.2, 0) is 14.4 Å². The van der Waals surface area contributed by atoms with E-state index in [-0.39, 0.29) is 35.3 Å². The number of hydrogen-bond donors (Lipinski definition) is 2. The molecule has 1 heterocycles. The van der Waals surface area contributed by atoms with Crippen molar-refractivity contribution in [1.29, 1.82) is 0 Å². The van der Waals surface area contributed by atoms with Crippen molar-refractivity contribution in [3.63, 3.8) is 0 Å². The van der Waals surface area contributed by atoms with E-state index in [1.165, 1.54) is 25.3 Å². The molecular weight excluding hydrogens is 450 g/mol. The van der Waals surface area contributed by atoms with Gasteiger partial charge in [0, 0.05) is 5.69 Å². The lowest BCUT2D eigenvalue weighted by Gasteiger charge is -2.15. The minimum absolute atomic E-state index is 0.0473. The molecule has 1 aliphatic rings. The van der Waals surface area contributed by atoms with Gasteiger partial charge in [-0.15, -0.1) is 0 Å². The molecule has 3 aromatic carbocycles. The fourth-order valence-corrected chi connectivity index (χ4v) is 3.46. The summed E-state index contributed by atoms with van der Waals surface area (Å²) in [5.41, 5.74) is 4.18. The quantitative estimate of drug-likeness (QED) is 0.385. The molecular formula is C26H23N3O6. The lowest BCUT2D eigenvalue weighted by atomic mass is 10.1. The Labute approximate surface area is 201 Å². The standard InChI is InChI=1S/C26H23N3O6/c1-33-21-14-17(13-20-25(31)28-29(26(20)32)19-11-7-4-8-12-19)15-22(34-2)24(21)35-16-23(30)27-18-9-5-3-6-10-18/h3-15H,16H2,1-2H3,(H,27,30)(H,28,31)/b20-13-. The maximum atomic E-state index is 12.9. The molecule has 3 amide bonds. The molecule has 9 heteroatoms. The fraction of sp³-hybridized carbons (Fsp3) is 0.115. The summed E-state index contributed by atoms with van der Waals surface area (Å²) in [5, 5.41) is 3.92. The first kappa shape index (κ1) is 23.4. The summed E-state index contributed by atoms with van der Waals surface area (Å²) < 4.78 is 16.5. The highest BCUT2D eigenvalue weighted by atomic mass is 16.5. The molecule has 4 rings (SSSR count). The number of amides is 3. The molecule has 0 bridgehead atoms. The van der Waals surface area contributed by atoms with Crippen molar-refractivity contribution in [2.75, 3.05) is 31.2 Å². The molecule has 1 saturated heterocycles. The summed E-state index contributed by atoms with van der Waals surface area (Å²) in [6, 6.07) is 21.0. The Kier molecular flexibility index (Phi) is 6.96. The maximum absolute atomic E-state index is 12.9. The van der Waals surface area contributed by atoms with Crippen molar-refractivity contribution in [2.45, 2.75) is 0 Å². The highest BCUT2D eigenvalue weighted by Crippen LogP contribution is 2.39. The maximum Gasteiger partial charge on any atom is 0.282 e. The number of rotatable bonds is 8. The van der Waals surface area contributed by atoms with Gasteiger partial charge in [0.2, 0.25) is 5.75 Å². The van der Waals surface area contributed by atoms with Crippen LogP contribution in [0.25, 0.3) is 6.08 Å². The zero-order valence-electron chi connectivity index (χ0n) is 19.1. The second kappa shape index (κ2) is 10.4. The van der Waals surface area contributed by atoms with Crippen molar-refractivity contribution < 1.29 is 28.6 Å². The van der Waals surface area contributed by atoms with Gasteiger partial charge < -0.3 is 19.5 Å². The molecule has 0 aliphatic carbocycles. The first-order valence-electron chi connectivity index (χ1n) is 10.7. The Morgan fingerprint density at radius 3 is 2.14 bits per heavy atom. The molecule has 0 saturated carbocycles. The minimum atomic E-state index is -0.533. The summed E-state index contributed by atoms with van der Waals surface area (Å²) in [4.78, 5) is 37.7. The monoisotopic (exact) mass is 473 g/mol. The van der Waals surface area contributed by atoms with Crippen molar-refractivity contribution in [3.8, 4) is 17.2 Å². The number of hydrazine groups is 1. The SMILES string of the molecule is COc1cc(/C=C2/C(=O)NN(c3ccccc3)C2=O)cc(OC)c1OCC(=O)Nc1ccccc1. The van der Waals surface area contributed by atoms with Crippen LogP contribution in [0.1, 0.15) is 5.56 Å². The Morgan fingerprint density at radius 2 is 1.54 bits per heavy atom.